The lowest BCUT2D eigenvalue weighted by molar-refractivity contribution is 0.0973. The number of nitrogens with zero attached hydrogens (tertiary/aromatic N) is 3. The second kappa shape index (κ2) is 9.98. The quantitative estimate of drug-likeness (QED) is 0.565. The summed E-state index contributed by atoms with van der Waals surface area (Å²) in [7, 11) is 0. The number of anilines is 1. The molecule has 1 aliphatic rings. The smallest absolute Gasteiger partial charge is 0.258 e. The first-order chi connectivity index (χ1) is 14.7. The maximum atomic E-state index is 13.3. The topological polar surface area (TPSA) is 26.8 Å². The van der Waals surface area contributed by atoms with Gasteiger partial charge in [0.1, 0.15) is 5.82 Å². The molecule has 2 aromatic carbocycles. The van der Waals surface area contributed by atoms with E-state index >= 15 is 0 Å². The van der Waals surface area contributed by atoms with Gasteiger partial charge in [-0.1, -0.05) is 24.3 Å². The van der Waals surface area contributed by atoms with Crippen LogP contribution in [0.5, 0.6) is 0 Å². The molecule has 3 aromatic rings. The molecule has 4 nitrogen and oxygen atoms in total. The minimum atomic E-state index is -0.335. The van der Waals surface area contributed by atoms with Crippen molar-refractivity contribution in [3.63, 3.8) is 0 Å². The molecule has 1 amide bonds. The number of thiophene rings is 1. The highest BCUT2D eigenvalue weighted by Crippen LogP contribution is 2.18. The first kappa shape index (κ1) is 20.7. The molecule has 0 unspecified atom stereocenters. The molecule has 6 heteroatoms. The van der Waals surface area contributed by atoms with E-state index in [2.05, 4.69) is 27.3 Å². The number of benzene rings is 2. The lowest BCUT2D eigenvalue weighted by atomic mass is 10.1. The molecule has 0 N–H and O–H groups in total. The van der Waals surface area contributed by atoms with E-state index < -0.39 is 0 Å². The van der Waals surface area contributed by atoms with Crippen LogP contribution in [0.2, 0.25) is 0 Å². The van der Waals surface area contributed by atoms with Crippen molar-refractivity contribution >= 4 is 22.9 Å². The largest absolute Gasteiger partial charge is 0.307 e. The van der Waals surface area contributed by atoms with Crippen LogP contribution in [0.4, 0.5) is 10.1 Å². The summed E-state index contributed by atoms with van der Waals surface area (Å²) in [4.78, 5) is 21.2. The van der Waals surface area contributed by atoms with Crippen LogP contribution in [0.1, 0.15) is 15.2 Å². The number of para-hydroxylation sites is 1. The van der Waals surface area contributed by atoms with Crippen LogP contribution in [0.25, 0.3) is 0 Å². The maximum Gasteiger partial charge on any atom is 0.258 e. The SMILES string of the molecule is O=C(c1ccc(F)cc1)N(CCN1CCN(Cc2cccs2)CC1)c1ccccc1. The van der Waals surface area contributed by atoms with Gasteiger partial charge in [-0.3, -0.25) is 14.6 Å². The Hall–Kier alpha value is -2.54. The maximum absolute atomic E-state index is 13.3. The van der Waals surface area contributed by atoms with Crippen molar-refractivity contribution in [3.05, 3.63) is 88.4 Å². The van der Waals surface area contributed by atoms with Gasteiger partial charge in [-0.2, -0.15) is 0 Å². The van der Waals surface area contributed by atoms with Crippen LogP contribution in [0.15, 0.2) is 72.1 Å². The van der Waals surface area contributed by atoms with Gasteiger partial charge in [-0.25, -0.2) is 4.39 Å². The van der Waals surface area contributed by atoms with Gasteiger partial charge >= 0.3 is 0 Å². The van der Waals surface area contributed by atoms with Crippen LogP contribution in [0, 0.1) is 5.82 Å². The third kappa shape index (κ3) is 5.33. The lowest BCUT2D eigenvalue weighted by Crippen LogP contribution is -2.48. The number of hydrogen-bond acceptors (Lipinski definition) is 4. The molecule has 0 aliphatic carbocycles. The summed E-state index contributed by atoms with van der Waals surface area (Å²) in [5, 5.41) is 2.13. The molecule has 1 fully saturated rings. The Labute approximate surface area is 181 Å². The summed E-state index contributed by atoms with van der Waals surface area (Å²) in [6.45, 7) is 6.51. The second-order valence-corrected chi connectivity index (χ2v) is 8.53. The summed E-state index contributed by atoms with van der Waals surface area (Å²) >= 11 is 1.81. The van der Waals surface area contributed by atoms with Gasteiger partial charge in [0.05, 0.1) is 0 Å². The van der Waals surface area contributed by atoms with Gasteiger partial charge < -0.3 is 4.90 Å². The molecule has 1 aliphatic heterocycles. The number of hydrogen-bond donors (Lipinski definition) is 0. The molecule has 4 rings (SSSR count). The van der Waals surface area contributed by atoms with E-state index in [9.17, 15) is 9.18 Å². The molecule has 1 aromatic heterocycles. The van der Waals surface area contributed by atoms with E-state index in [0.29, 0.717) is 12.1 Å². The minimum absolute atomic E-state index is 0.0995. The van der Waals surface area contributed by atoms with Crippen LogP contribution >= 0.6 is 11.3 Å². The lowest BCUT2D eigenvalue weighted by Gasteiger charge is -2.35. The average Bonchev–Trinajstić information content (AvgIpc) is 3.29. The molecule has 30 heavy (non-hydrogen) atoms. The Balaban J connectivity index is 1.37. The molecule has 1 saturated heterocycles. The first-order valence-corrected chi connectivity index (χ1v) is 11.2. The van der Waals surface area contributed by atoms with Crippen molar-refractivity contribution in [2.45, 2.75) is 6.54 Å². The Morgan fingerprint density at radius 3 is 2.27 bits per heavy atom. The van der Waals surface area contributed by atoms with Crippen molar-refractivity contribution in [3.8, 4) is 0 Å². The Morgan fingerprint density at radius 1 is 0.900 bits per heavy atom. The second-order valence-electron chi connectivity index (χ2n) is 7.50. The number of carbonyl (C=O) groups excluding carboxylic acids is 1. The number of rotatable bonds is 7. The van der Waals surface area contributed by atoms with Crippen molar-refractivity contribution < 1.29 is 9.18 Å². The molecule has 156 valence electrons. The number of amides is 1. The zero-order chi connectivity index (χ0) is 20.8. The average molecular weight is 424 g/mol. The summed E-state index contributed by atoms with van der Waals surface area (Å²) < 4.78 is 13.3. The third-order valence-electron chi connectivity index (χ3n) is 5.47. The zero-order valence-electron chi connectivity index (χ0n) is 16.9. The van der Waals surface area contributed by atoms with Gasteiger partial charge in [-0.05, 0) is 47.8 Å². The highest BCUT2D eigenvalue weighted by atomic mass is 32.1. The fraction of sp³-hybridized carbons (Fsp3) is 0.292. The van der Waals surface area contributed by atoms with Crippen LogP contribution in [-0.2, 0) is 6.54 Å². The van der Waals surface area contributed by atoms with Gasteiger partial charge in [0.15, 0.2) is 0 Å². The van der Waals surface area contributed by atoms with Crippen LogP contribution < -0.4 is 4.90 Å². The predicted molar refractivity (Wildman–Crippen MR) is 121 cm³/mol. The van der Waals surface area contributed by atoms with Crippen molar-refractivity contribution in [1.82, 2.24) is 9.80 Å². The van der Waals surface area contributed by atoms with Crippen LogP contribution in [0.3, 0.4) is 0 Å². The highest BCUT2D eigenvalue weighted by Gasteiger charge is 2.21. The van der Waals surface area contributed by atoms with E-state index in [4.69, 9.17) is 0 Å². The first-order valence-electron chi connectivity index (χ1n) is 10.3. The highest BCUT2D eigenvalue weighted by molar-refractivity contribution is 7.09. The van der Waals surface area contributed by atoms with Crippen LogP contribution in [-0.4, -0.2) is 55.0 Å². The van der Waals surface area contributed by atoms with Gasteiger partial charge in [0.25, 0.3) is 5.91 Å². The fourth-order valence-electron chi connectivity index (χ4n) is 3.74. The van der Waals surface area contributed by atoms with E-state index in [1.165, 1.54) is 17.0 Å². The van der Waals surface area contributed by atoms with Crippen molar-refractivity contribution in [1.29, 1.82) is 0 Å². The van der Waals surface area contributed by atoms with Gasteiger partial charge in [0, 0.05) is 61.9 Å². The molecular formula is C24H26FN3OS. The third-order valence-corrected chi connectivity index (χ3v) is 6.33. The number of piperazine rings is 1. The molecular weight excluding hydrogens is 397 g/mol. The van der Waals surface area contributed by atoms with E-state index in [-0.39, 0.29) is 11.7 Å². The summed E-state index contributed by atoms with van der Waals surface area (Å²) in [5.41, 5.74) is 1.36. The Kier molecular flexibility index (Phi) is 6.89. The molecule has 0 atom stereocenters. The fourth-order valence-corrected chi connectivity index (χ4v) is 4.49. The van der Waals surface area contributed by atoms with E-state index in [1.807, 2.05) is 41.7 Å². The standard InChI is InChI=1S/C24H26FN3OS/c25-21-10-8-20(9-11-21)24(29)28(22-5-2-1-3-6-22)17-16-26-12-14-27(15-13-26)19-23-7-4-18-30-23/h1-11,18H,12-17,19H2. The Bertz CT molecular complexity index is 923. The molecule has 0 saturated carbocycles. The van der Waals surface area contributed by atoms with Gasteiger partial charge in [0.2, 0.25) is 0 Å². The molecule has 0 bridgehead atoms. The monoisotopic (exact) mass is 423 g/mol. The molecule has 2 heterocycles. The summed E-state index contributed by atoms with van der Waals surface area (Å²) in [5.74, 6) is -0.434. The van der Waals surface area contributed by atoms with Crippen molar-refractivity contribution in [2.75, 3.05) is 44.2 Å². The van der Waals surface area contributed by atoms with E-state index in [0.717, 1.165) is 45.0 Å². The molecule has 0 spiro atoms. The number of carbonyl (C=O) groups is 1. The summed E-state index contributed by atoms with van der Waals surface area (Å²) in [6.07, 6.45) is 0. The molecule has 0 radical (unpaired) electrons. The predicted octanol–water partition coefficient (Wildman–Crippen LogP) is 4.35. The van der Waals surface area contributed by atoms with Gasteiger partial charge in [-0.15, -0.1) is 11.3 Å². The zero-order valence-corrected chi connectivity index (χ0v) is 17.7. The van der Waals surface area contributed by atoms with E-state index in [1.54, 1.807) is 17.0 Å². The Morgan fingerprint density at radius 2 is 1.60 bits per heavy atom. The van der Waals surface area contributed by atoms with Crippen molar-refractivity contribution in [2.24, 2.45) is 0 Å². The normalized spacial score (nSPS) is 15.2. The minimum Gasteiger partial charge on any atom is -0.307 e. The number of halogens is 1. The summed E-state index contributed by atoms with van der Waals surface area (Å²) in [6, 6.07) is 19.8.